The smallest absolute Gasteiger partial charge is 0.264 e. The van der Waals surface area contributed by atoms with E-state index in [9.17, 15) is 13.2 Å². The Morgan fingerprint density at radius 2 is 1.86 bits per heavy atom. The van der Waals surface area contributed by atoms with Crippen LogP contribution < -0.4 is 9.62 Å². The van der Waals surface area contributed by atoms with Crippen LogP contribution in [0.3, 0.4) is 0 Å². The van der Waals surface area contributed by atoms with Crippen LogP contribution in [0.5, 0.6) is 0 Å². The van der Waals surface area contributed by atoms with E-state index >= 15 is 0 Å². The van der Waals surface area contributed by atoms with E-state index < -0.39 is 15.9 Å². The molecule has 0 aliphatic carbocycles. The average molecular weight is 416 g/mol. The second-order valence-corrected chi connectivity index (χ2v) is 8.39. The quantitative estimate of drug-likeness (QED) is 0.662. The zero-order chi connectivity index (χ0) is 20.1. The maximum absolute atomic E-state index is 13.2. The van der Waals surface area contributed by atoms with Gasteiger partial charge in [-0.2, -0.15) is 0 Å². The number of nitrogens with one attached hydrogen (secondary N) is 1. The van der Waals surface area contributed by atoms with Crippen LogP contribution in [-0.2, 0) is 14.8 Å². The fraction of sp³-hybridized carbons (Fsp3) is 0.100. The van der Waals surface area contributed by atoms with Gasteiger partial charge in [0.25, 0.3) is 10.0 Å². The maximum atomic E-state index is 13.2. The monoisotopic (exact) mass is 415 g/mol. The Kier molecular flexibility index (Phi) is 5.96. The standard InChI is InChI=1S/C20H18ClN3O3S/c1-15-4-2-6-18(12-15)24(14-20(25)23-17-5-3-11-22-13-17)28(26,27)19-9-7-16(21)8-10-19/h2-13H,14H2,1H3,(H,23,25). The van der Waals surface area contributed by atoms with Crippen LogP contribution in [0.2, 0.25) is 5.02 Å². The Morgan fingerprint density at radius 1 is 1.11 bits per heavy atom. The first-order valence-corrected chi connectivity index (χ1v) is 10.2. The molecular formula is C20H18ClN3O3S. The molecule has 1 aromatic heterocycles. The molecule has 3 aromatic rings. The van der Waals surface area contributed by atoms with E-state index in [2.05, 4.69) is 10.3 Å². The van der Waals surface area contributed by atoms with Crippen molar-refractivity contribution in [3.05, 3.63) is 83.6 Å². The second kappa shape index (κ2) is 8.41. The zero-order valence-electron chi connectivity index (χ0n) is 15.0. The number of hydrogen-bond acceptors (Lipinski definition) is 4. The van der Waals surface area contributed by atoms with Crippen molar-refractivity contribution < 1.29 is 13.2 Å². The molecular weight excluding hydrogens is 398 g/mol. The third kappa shape index (κ3) is 4.68. The first-order chi connectivity index (χ1) is 13.4. The van der Waals surface area contributed by atoms with Gasteiger partial charge < -0.3 is 5.32 Å². The van der Waals surface area contributed by atoms with Crippen LogP contribution in [0, 0.1) is 6.92 Å². The van der Waals surface area contributed by atoms with Crippen molar-refractivity contribution in [3.8, 4) is 0 Å². The lowest BCUT2D eigenvalue weighted by Crippen LogP contribution is -2.38. The van der Waals surface area contributed by atoms with Crippen LogP contribution >= 0.6 is 11.6 Å². The number of anilines is 2. The summed E-state index contributed by atoms with van der Waals surface area (Å²) in [4.78, 5) is 16.5. The maximum Gasteiger partial charge on any atom is 0.264 e. The number of carbonyl (C=O) groups is 1. The Balaban J connectivity index is 1.95. The highest BCUT2D eigenvalue weighted by molar-refractivity contribution is 7.92. The van der Waals surface area contributed by atoms with E-state index in [-0.39, 0.29) is 11.4 Å². The SMILES string of the molecule is Cc1cccc(N(CC(=O)Nc2cccnc2)S(=O)(=O)c2ccc(Cl)cc2)c1. The van der Waals surface area contributed by atoms with Crippen molar-refractivity contribution in [2.24, 2.45) is 0 Å². The molecule has 144 valence electrons. The van der Waals surface area contributed by atoms with Crippen molar-refractivity contribution in [1.29, 1.82) is 0 Å². The fourth-order valence-corrected chi connectivity index (χ4v) is 4.14. The summed E-state index contributed by atoms with van der Waals surface area (Å²) in [6.07, 6.45) is 3.07. The molecule has 3 rings (SSSR count). The summed E-state index contributed by atoms with van der Waals surface area (Å²) in [7, 11) is -3.98. The van der Waals surface area contributed by atoms with Gasteiger partial charge in [0.05, 0.1) is 22.5 Å². The number of hydrogen-bond donors (Lipinski definition) is 1. The molecule has 0 bridgehead atoms. The summed E-state index contributed by atoms with van der Waals surface area (Å²) < 4.78 is 27.5. The minimum Gasteiger partial charge on any atom is -0.323 e. The number of sulfonamides is 1. The Labute approximate surface area is 168 Å². The molecule has 0 saturated carbocycles. The lowest BCUT2D eigenvalue weighted by atomic mass is 10.2. The van der Waals surface area contributed by atoms with Crippen molar-refractivity contribution in [1.82, 2.24) is 4.98 Å². The second-order valence-electron chi connectivity index (χ2n) is 6.09. The lowest BCUT2D eigenvalue weighted by Gasteiger charge is -2.24. The highest BCUT2D eigenvalue weighted by Crippen LogP contribution is 2.25. The van der Waals surface area contributed by atoms with E-state index in [1.165, 1.54) is 30.5 Å². The normalized spacial score (nSPS) is 11.1. The number of amides is 1. The topological polar surface area (TPSA) is 79.4 Å². The minimum atomic E-state index is -3.98. The molecule has 6 nitrogen and oxygen atoms in total. The first-order valence-electron chi connectivity index (χ1n) is 8.41. The van der Waals surface area contributed by atoms with Crippen LogP contribution in [0.1, 0.15) is 5.56 Å². The van der Waals surface area contributed by atoms with E-state index in [1.807, 2.05) is 13.0 Å². The molecule has 1 amide bonds. The molecule has 0 spiro atoms. The van der Waals surface area contributed by atoms with E-state index in [0.29, 0.717) is 16.4 Å². The molecule has 1 heterocycles. The number of aryl methyl sites for hydroxylation is 1. The molecule has 0 fully saturated rings. The largest absolute Gasteiger partial charge is 0.323 e. The van der Waals surface area contributed by atoms with Crippen LogP contribution in [0.4, 0.5) is 11.4 Å². The fourth-order valence-electron chi connectivity index (χ4n) is 2.60. The van der Waals surface area contributed by atoms with Gasteiger partial charge in [-0.1, -0.05) is 23.7 Å². The molecule has 1 N–H and O–H groups in total. The van der Waals surface area contributed by atoms with Gasteiger partial charge in [-0.3, -0.25) is 14.1 Å². The molecule has 8 heteroatoms. The predicted octanol–water partition coefficient (Wildman–Crippen LogP) is 3.88. The minimum absolute atomic E-state index is 0.0487. The van der Waals surface area contributed by atoms with Crippen LogP contribution in [-0.4, -0.2) is 25.9 Å². The molecule has 28 heavy (non-hydrogen) atoms. The van der Waals surface area contributed by atoms with Gasteiger partial charge in [0.15, 0.2) is 0 Å². The number of pyridine rings is 1. The highest BCUT2D eigenvalue weighted by Gasteiger charge is 2.27. The highest BCUT2D eigenvalue weighted by atomic mass is 35.5. The molecule has 2 aromatic carbocycles. The summed E-state index contributed by atoms with van der Waals surface area (Å²) in [6, 6.07) is 16.1. The first kappa shape index (κ1) is 19.9. The summed E-state index contributed by atoms with van der Waals surface area (Å²) in [5, 5.41) is 3.09. The average Bonchev–Trinajstić information content (AvgIpc) is 2.67. The molecule has 0 aliphatic heterocycles. The van der Waals surface area contributed by atoms with Crippen LogP contribution in [0.25, 0.3) is 0 Å². The lowest BCUT2D eigenvalue weighted by molar-refractivity contribution is -0.114. The third-order valence-electron chi connectivity index (χ3n) is 3.92. The number of nitrogens with zero attached hydrogens (tertiary/aromatic N) is 2. The predicted molar refractivity (Wildman–Crippen MR) is 110 cm³/mol. The zero-order valence-corrected chi connectivity index (χ0v) is 16.6. The number of halogens is 1. The number of rotatable bonds is 6. The molecule has 0 atom stereocenters. The number of carbonyl (C=O) groups excluding carboxylic acids is 1. The molecule has 0 aliphatic rings. The Morgan fingerprint density at radius 3 is 2.50 bits per heavy atom. The van der Waals surface area contributed by atoms with Crippen molar-refractivity contribution in [2.75, 3.05) is 16.2 Å². The van der Waals surface area contributed by atoms with E-state index in [4.69, 9.17) is 11.6 Å². The summed E-state index contributed by atoms with van der Waals surface area (Å²) in [6.45, 7) is 1.47. The van der Waals surface area contributed by atoms with Crippen molar-refractivity contribution in [2.45, 2.75) is 11.8 Å². The molecule has 0 radical (unpaired) electrons. The van der Waals surface area contributed by atoms with Gasteiger partial charge >= 0.3 is 0 Å². The van der Waals surface area contributed by atoms with Gasteiger partial charge in [0, 0.05) is 11.2 Å². The summed E-state index contributed by atoms with van der Waals surface area (Å²) in [5.74, 6) is -0.480. The Hall–Kier alpha value is -2.90. The number of benzene rings is 2. The van der Waals surface area contributed by atoms with Gasteiger partial charge in [0.2, 0.25) is 5.91 Å². The summed E-state index contributed by atoms with van der Waals surface area (Å²) in [5.41, 5.74) is 1.76. The third-order valence-corrected chi connectivity index (χ3v) is 5.96. The molecule has 0 saturated heterocycles. The van der Waals surface area contributed by atoms with Crippen LogP contribution in [0.15, 0.2) is 78.0 Å². The van der Waals surface area contributed by atoms with E-state index in [0.717, 1.165) is 9.87 Å². The number of aromatic nitrogens is 1. The van der Waals surface area contributed by atoms with E-state index in [1.54, 1.807) is 36.5 Å². The summed E-state index contributed by atoms with van der Waals surface area (Å²) >= 11 is 5.88. The molecule has 0 unspecified atom stereocenters. The van der Waals surface area contributed by atoms with Gasteiger partial charge in [0.1, 0.15) is 6.54 Å². The van der Waals surface area contributed by atoms with Crippen molar-refractivity contribution >= 4 is 38.9 Å². The van der Waals surface area contributed by atoms with Gasteiger partial charge in [-0.15, -0.1) is 0 Å². The van der Waals surface area contributed by atoms with Gasteiger partial charge in [-0.25, -0.2) is 8.42 Å². The Bertz CT molecular complexity index is 1070. The van der Waals surface area contributed by atoms with Crippen molar-refractivity contribution in [3.63, 3.8) is 0 Å². The van der Waals surface area contributed by atoms with Gasteiger partial charge in [-0.05, 0) is 61.0 Å².